The molecule has 1 aliphatic rings. The van der Waals surface area contributed by atoms with E-state index in [0.717, 1.165) is 47.0 Å². The monoisotopic (exact) mass is 570 g/mol. The molecule has 1 fully saturated rings. The number of aromatic nitrogens is 5. The van der Waals surface area contributed by atoms with Crippen molar-refractivity contribution in [2.75, 3.05) is 31.2 Å². The fraction of sp³-hybridized carbons (Fsp3) is 0.483. The van der Waals surface area contributed by atoms with Gasteiger partial charge >= 0.3 is 6.18 Å². The number of halogens is 3. The molecule has 7 nitrogen and oxygen atoms in total. The summed E-state index contributed by atoms with van der Waals surface area (Å²) in [4.78, 5) is 14.8. The third-order valence-electron chi connectivity index (χ3n) is 8.26. The number of benzene rings is 1. The van der Waals surface area contributed by atoms with Gasteiger partial charge < -0.3 is 14.6 Å². The van der Waals surface area contributed by atoms with Crippen LogP contribution in [0, 0.1) is 6.92 Å². The van der Waals surface area contributed by atoms with E-state index in [2.05, 4.69) is 42.2 Å². The number of rotatable bonds is 7. The zero-order chi connectivity index (χ0) is 28.7. The van der Waals surface area contributed by atoms with E-state index in [4.69, 9.17) is 14.8 Å². The highest BCUT2D eigenvalue weighted by Gasteiger charge is 2.33. The van der Waals surface area contributed by atoms with Gasteiger partial charge in [0.05, 0.1) is 47.7 Å². The van der Waals surface area contributed by atoms with Crippen LogP contribution in [0.1, 0.15) is 48.8 Å². The summed E-state index contributed by atoms with van der Waals surface area (Å²) in [6.07, 6.45) is 0.114. The predicted octanol–water partition coefficient (Wildman–Crippen LogP) is 6.07. The maximum atomic E-state index is 13.8. The number of H-pyrrole nitrogens is 1. The lowest BCUT2D eigenvalue weighted by Gasteiger charge is -2.28. The molecule has 1 aliphatic heterocycles. The molecule has 0 radical (unpaired) electrons. The third kappa shape index (κ3) is 5.81. The van der Waals surface area contributed by atoms with Crippen molar-refractivity contribution in [2.45, 2.75) is 64.3 Å². The highest BCUT2D eigenvalue weighted by Crippen LogP contribution is 2.35. The molecule has 5 rings (SSSR count). The van der Waals surface area contributed by atoms with Crippen molar-refractivity contribution in [2.24, 2.45) is 0 Å². The molecule has 1 atom stereocenters. The normalized spacial score (nSPS) is 15.7. The first-order valence-corrected chi connectivity index (χ1v) is 16.4. The van der Waals surface area contributed by atoms with Crippen LogP contribution < -0.4 is 4.90 Å². The van der Waals surface area contributed by atoms with Gasteiger partial charge in [0.15, 0.2) is 11.5 Å². The maximum Gasteiger partial charge on any atom is 0.416 e. The van der Waals surface area contributed by atoms with Crippen LogP contribution in [0.5, 0.6) is 0 Å². The second kappa shape index (κ2) is 11.0. The van der Waals surface area contributed by atoms with Crippen molar-refractivity contribution >= 4 is 20.3 Å². The fourth-order valence-corrected chi connectivity index (χ4v) is 6.74. The van der Waals surface area contributed by atoms with Crippen LogP contribution >= 0.6 is 0 Å². The van der Waals surface area contributed by atoms with Gasteiger partial charge in [-0.25, -0.2) is 14.5 Å². The van der Waals surface area contributed by atoms with E-state index >= 15 is 0 Å². The number of hydrogen-bond donors (Lipinski definition) is 1. The fourth-order valence-electron chi connectivity index (χ4n) is 5.17. The van der Waals surface area contributed by atoms with Crippen molar-refractivity contribution in [3.05, 3.63) is 64.9 Å². The number of ether oxygens (including phenoxy) is 1. The van der Waals surface area contributed by atoms with Gasteiger partial charge in [-0.05, 0) is 41.6 Å². The van der Waals surface area contributed by atoms with Crippen molar-refractivity contribution in [3.8, 4) is 11.3 Å². The summed E-state index contributed by atoms with van der Waals surface area (Å²) in [6, 6.07) is 7.47. The lowest BCUT2D eigenvalue weighted by Crippen LogP contribution is -2.37. The number of nitrogens with one attached hydrogen (secondary N) is 1. The van der Waals surface area contributed by atoms with Gasteiger partial charge in [-0.15, -0.1) is 5.10 Å². The van der Waals surface area contributed by atoms with Crippen LogP contribution in [0.4, 0.5) is 19.0 Å². The standard InChI is InChI=1S/C29H37F3N6OSi/c1-19-20(7-6-8-22(19)29(30,31)32)15-25-23(9-14-40(5)28(2,3)4)35-27-21(24-17-33-18-34-24)16-26(36-38(25)27)37-10-12-39-13-11-37/h6-8,16-18,40H,9-15H2,1-5H3,(H,33,34). The van der Waals surface area contributed by atoms with Crippen LogP contribution in [-0.2, 0) is 23.8 Å². The highest BCUT2D eigenvalue weighted by molar-refractivity contribution is 6.60. The van der Waals surface area contributed by atoms with E-state index in [1.165, 1.54) is 6.07 Å². The molecule has 1 N–H and O–H groups in total. The Morgan fingerprint density at radius 1 is 1.12 bits per heavy atom. The quantitative estimate of drug-likeness (QED) is 0.273. The lowest BCUT2D eigenvalue weighted by molar-refractivity contribution is -0.138. The molecule has 0 saturated carbocycles. The summed E-state index contributed by atoms with van der Waals surface area (Å²) >= 11 is 0. The van der Waals surface area contributed by atoms with Gasteiger partial charge in [-0.1, -0.05) is 45.5 Å². The average Bonchev–Trinajstić information content (AvgIpc) is 3.56. The molecule has 0 amide bonds. The summed E-state index contributed by atoms with van der Waals surface area (Å²) < 4.78 is 48.7. The zero-order valence-electron chi connectivity index (χ0n) is 23.8. The summed E-state index contributed by atoms with van der Waals surface area (Å²) in [5.74, 6) is 0.775. The SMILES string of the molecule is Cc1c(Cc2c(CC[SiH](C)C(C)(C)C)nc3c(-c4c[nH]cn4)cc(N4CCOCC4)nn23)cccc1C(F)(F)F. The Bertz CT molecular complexity index is 1470. The molecule has 11 heteroatoms. The van der Waals surface area contributed by atoms with Gasteiger partial charge in [0.2, 0.25) is 0 Å². The number of anilines is 1. The van der Waals surface area contributed by atoms with Crippen molar-refractivity contribution in [3.63, 3.8) is 0 Å². The van der Waals surface area contributed by atoms with E-state index in [1.807, 2.05) is 16.8 Å². The van der Waals surface area contributed by atoms with Crippen LogP contribution in [0.2, 0.25) is 17.6 Å². The molecule has 1 saturated heterocycles. The van der Waals surface area contributed by atoms with Crippen LogP contribution in [0.25, 0.3) is 16.9 Å². The Hall–Kier alpha value is -3.18. The molecule has 0 spiro atoms. The Labute approximate surface area is 234 Å². The molecule has 214 valence electrons. The van der Waals surface area contributed by atoms with Crippen LogP contribution in [0.3, 0.4) is 0 Å². The minimum Gasteiger partial charge on any atom is -0.378 e. The average molecular weight is 571 g/mol. The topological polar surface area (TPSA) is 71.3 Å². The lowest BCUT2D eigenvalue weighted by atomic mass is 9.97. The molecular weight excluding hydrogens is 533 g/mol. The first kappa shape index (κ1) is 28.3. The predicted molar refractivity (Wildman–Crippen MR) is 154 cm³/mol. The largest absolute Gasteiger partial charge is 0.416 e. The van der Waals surface area contributed by atoms with Gasteiger partial charge in [-0.3, -0.25) is 0 Å². The minimum atomic E-state index is -4.41. The first-order valence-electron chi connectivity index (χ1n) is 13.8. The summed E-state index contributed by atoms with van der Waals surface area (Å²) in [5, 5.41) is 5.30. The maximum absolute atomic E-state index is 13.8. The summed E-state index contributed by atoms with van der Waals surface area (Å²) in [7, 11) is -1.10. The van der Waals surface area contributed by atoms with E-state index in [1.54, 1.807) is 19.3 Å². The molecule has 1 aromatic carbocycles. The molecule has 40 heavy (non-hydrogen) atoms. The molecule has 4 aromatic rings. The van der Waals surface area contributed by atoms with Crippen molar-refractivity contribution in [1.82, 2.24) is 24.6 Å². The highest BCUT2D eigenvalue weighted by atomic mass is 28.3. The minimum absolute atomic E-state index is 0.241. The first-order chi connectivity index (χ1) is 18.9. The van der Waals surface area contributed by atoms with Gasteiger partial charge in [0, 0.05) is 34.5 Å². The van der Waals surface area contributed by atoms with Crippen LogP contribution in [-0.4, -0.2) is 59.7 Å². The number of aromatic amines is 1. The third-order valence-corrected chi connectivity index (χ3v) is 12.4. The van der Waals surface area contributed by atoms with Gasteiger partial charge in [0.25, 0.3) is 0 Å². The molecule has 3 aromatic heterocycles. The van der Waals surface area contributed by atoms with Crippen LogP contribution in [0.15, 0.2) is 36.8 Å². The van der Waals surface area contributed by atoms with Crippen molar-refractivity contribution in [1.29, 1.82) is 0 Å². The van der Waals surface area contributed by atoms with Gasteiger partial charge in [0.1, 0.15) is 0 Å². The van der Waals surface area contributed by atoms with Gasteiger partial charge in [-0.2, -0.15) is 13.2 Å². The van der Waals surface area contributed by atoms with E-state index < -0.39 is 20.5 Å². The number of alkyl halides is 3. The second-order valence-corrected chi connectivity index (χ2v) is 15.9. The van der Waals surface area contributed by atoms with Crippen molar-refractivity contribution < 1.29 is 17.9 Å². The summed E-state index contributed by atoms with van der Waals surface area (Å²) in [6.45, 7) is 13.4. The molecule has 1 unspecified atom stereocenters. The number of morpholine rings is 1. The molecule has 0 bridgehead atoms. The molecule has 0 aliphatic carbocycles. The number of imidazole rings is 2. The Morgan fingerprint density at radius 3 is 2.52 bits per heavy atom. The molecular formula is C29H37F3N6OSi. The molecule has 4 heterocycles. The Kier molecular flexibility index (Phi) is 7.80. The number of nitrogens with zero attached hydrogens (tertiary/aromatic N) is 5. The summed E-state index contributed by atoms with van der Waals surface area (Å²) in [5.41, 5.74) is 4.24. The smallest absolute Gasteiger partial charge is 0.378 e. The number of aryl methyl sites for hydroxylation is 1. The van der Waals surface area contributed by atoms with E-state index in [9.17, 15) is 13.2 Å². The second-order valence-electron chi connectivity index (χ2n) is 11.8. The number of fused-ring (bicyclic) bond motifs is 1. The van der Waals surface area contributed by atoms with E-state index in [0.29, 0.717) is 43.9 Å². The Morgan fingerprint density at radius 2 is 1.88 bits per heavy atom. The zero-order valence-corrected chi connectivity index (χ0v) is 24.9. The Balaban J connectivity index is 1.68. The number of hydrogen-bond acceptors (Lipinski definition) is 5. The van der Waals surface area contributed by atoms with E-state index in [-0.39, 0.29) is 10.6 Å².